The Kier molecular flexibility index (Phi) is 6.10. The summed E-state index contributed by atoms with van der Waals surface area (Å²) in [5, 5.41) is 0.852. The minimum atomic E-state index is -0.0681. The zero-order valence-corrected chi connectivity index (χ0v) is 15.0. The lowest BCUT2D eigenvalue weighted by atomic mass is 9.67. The Morgan fingerprint density at radius 1 is 1.09 bits per heavy atom. The van der Waals surface area contributed by atoms with E-state index >= 15 is 0 Å². The standard InChI is InChI=1S/C19H23ClN2.ClH/c1-22-13-15-7-2-3-8-16(15)19(14-22,11-6-12-21)17-9-4-5-10-18(17)20;/h2-5,7-10H,6,11-14,21H2,1H3;1H. The second-order valence-corrected chi connectivity index (χ2v) is 6.69. The third-order valence-electron chi connectivity index (χ3n) is 4.71. The first kappa shape index (κ1) is 18.3. The lowest BCUT2D eigenvalue weighted by molar-refractivity contribution is 0.226. The van der Waals surface area contributed by atoms with Gasteiger partial charge in [-0.3, -0.25) is 0 Å². The van der Waals surface area contributed by atoms with Crippen molar-refractivity contribution in [3.05, 3.63) is 70.2 Å². The van der Waals surface area contributed by atoms with E-state index in [4.69, 9.17) is 17.3 Å². The highest BCUT2D eigenvalue weighted by Gasteiger charge is 2.40. The van der Waals surface area contributed by atoms with Crippen LogP contribution >= 0.6 is 24.0 Å². The van der Waals surface area contributed by atoms with Crippen molar-refractivity contribution in [3.8, 4) is 0 Å². The number of nitrogens with two attached hydrogens (primary N) is 1. The molecular weight excluding hydrogens is 327 g/mol. The molecule has 1 aliphatic rings. The summed E-state index contributed by atoms with van der Waals surface area (Å²) in [5.41, 5.74) is 9.79. The first-order valence-electron chi connectivity index (χ1n) is 7.89. The first-order valence-corrected chi connectivity index (χ1v) is 8.27. The van der Waals surface area contributed by atoms with Gasteiger partial charge < -0.3 is 10.6 Å². The van der Waals surface area contributed by atoms with E-state index in [2.05, 4.69) is 48.3 Å². The Hall–Kier alpha value is -1.06. The maximum atomic E-state index is 6.59. The summed E-state index contributed by atoms with van der Waals surface area (Å²) >= 11 is 6.59. The number of likely N-dealkylation sites (N-methyl/N-ethyl adjacent to an activating group) is 1. The van der Waals surface area contributed by atoms with E-state index in [-0.39, 0.29) is 17.8 Å². The molecular formula is C19H24Cl2N2. The molecule has 0 aromatic heterocycles. The van der Waals surface area contributed by atoms with Crippen molar-refractivity contribution < 1.29 is 0 Å². The Morgan fingerprint density at radius 2 is 1.74 bits per heavy atom. The number of nitrogens with zero attached hydrogens (tertiary/aromatic N) is 1. The van der Waals surface area contributed by atoms with Crippen LogP contribution in [0, 0.1) is 0 Å². The molecule has 4 heteroatoms. The molecule has 1 heterocycles. The van der Waals surface area contributed by atoms with E-state index in [0.717, 1.165) is 31.0 Å². The molecule has 1 unspecified atom stereocenters. The molecule has 2 aromatic carbocycles. The van der Waals surface area contributed by atoms with Crippen LogP contribution in [0.4, 0.5) is 0 Å². The molecule has 1 atom stereocenters. The quantitative estimate of drug-likeness (QED) is 0.893. The summed E-state index contributed by atoms with van der Waals surface area (Å²) in [6.45, 7) is 2.68. The molecule has 0 bridgehead atoms. The SMILES string of the molecule is CN1Cc2ccccc2C(CCCN)(c2ccccc2Cl)C1.Cl. The van der Waals surface area contributed by atoms with E-state index in [1.165, 1.54) is 16.7 Å². The molecule has 0 spiro atoms. The zero-order chi connectivity index (χ0) is 15.6. The number of halogens is 2. The minimum absolute atomic E-state index is 0. The Labute approximate surface area is 150 Å². The van der Waals surface area contributed by atoms with Crippen LogP contribution in [0.5, 0.6) is 0 Å². The van der Waals surface area contributed by atoms with Crippen LogP contribution in [0.1, 0.15) is 29.5 Å². The molecule has 0 saturated carbocycles. The number of hydrogen-bond acceptors (Lipinski definition) is 2. The normalized spacial score (nSPS) is 20.7. The molecule has 23 heavy (non-hydrogen) atoms. The van der Waals surface area contributed by atoms with Crippen molar-refractivity contribution in [3.63, 3.8) is 0 Å². The highest BCUT2D eigenvalue weighted by Crippen LogP contribution is 2.44. The second-order valence-electron chi connectivity index (χ2n) is 6.28. The van der Waals surface area contributed by atoms with Crippen LogP contribution in [0.25, 0.3) is 0 Å². The highest BCUT2D eigenvalue weighted by molar-refractivity contribution is 6.31. The van der Waals surface area contributed by atoms with E-state index in [1.54, 1.807) is 0 Å². The van der Waals surface area contributed by atoms with Crippen LogP contribution in [-0.2, 0) is 12.0 Å². The molecule has 2 N–H and O–H groups in total. The van der Waals surface area contributed by atoms with E-state index in [9.17, 15) is 0 Å². The van der Waals surface area contributed by atoms with Gasteiger partial charge in [0.2, 0.25) is 0 Å². The molecule has 2 nitrogen and oxygen atoms in total. The van der Waals surface area contributed by atoms with Gasteiger partial charge in [-0.1, -0.05) is 54.1 Å². The van der Waals surface area contributed by atoms with Crippen LogP contribution < -0.4 is 5.73 Å². The van der Waals surface area contributed by atoms with Crippen molar-refractivity contribution in [2.24, 2.45) is 5.73 Å². The molecule has 0 radical (unpaired) electrons. The molecule has 0 saturated heterocycles. The van der Waals surface area contributed by atoms with Crippen molar-refractivity contribution in [2.75, 3.05) is 20.1 Å². The fraction of sp³-hybridized carbons (Fsp3) is 0.368. The molecule has 2 aromatic rings. The fourth-order valence-electron chi connectivity index (χ4n) is 3.85. The summed E-state index contributed by atoms with van der Waals surface area (Å²) in [5.74, 6) is 0. The minimum Gasteiger partial charge on any atom is -0.330 e. The van der Waals surface area contributed by atoms with E-state index < -0.39 is 0 Å². The lowest BCUT2D eigenvalue weighted by Crippen LogP contribution is -2.45. The zero-order valence-electron chi connectivity index (χ0n) is 13.5. The smallest absolute Gasteiger partial charge is 0.0447 e. The van der Waals surface area contributed by atoms with Crippen molar-refractivity contribution >= 4 is 24.0 Å². The molecule has 0 amide bonds. The van der Waals surface area contributed by atoms with Gasteiger partial charge in [0, 0.05) is 23.5 Å². The Bertz CT molecular complexity index is 659. The van der Waals surface area contributed by atoms with Crippen LogP contribution in [0.15, 0.2) is 48.5 Å². The second kappa shape index (κ2) is 7.67. The van der Waals surface area contributed by atoms with Crippen molar-refractivity contribution in [2.45, 2.75) is 24.8 Å². The third kappa shape index (κ3) is 3.41. The van der Waals surface area contributed by atoms with Gasteiger partial charge in [-0.05, 0) is 49.2 Å². The monoisotopic (exact) mass is 350 g/mol. The average molecular weight is 351 g/mol. The highest BCUT2D eigenvalue weighted by atomic mass is 35.5. The topological polar surface area (TPSA) is 29.3 Å². The van der Waals surface area contributed by atoms with Gasteiger partial charge in [-0.25, -0.2) is 0 Å². The fourth-order valence-corrected chi connectivity index (χ4v) is 4.17. The van der Waals surface area contributed by atoms with E-state index in [0.29, 0.717) is 6.54 Å². The Morgan fingerprint density at radius 3 is 2.43 bits per heavy atom. The van der Waals surface area contributed by atoms with Crippen LogP contribution in [0.3, 0.4) is 0 Å². The predicted molar refractivity (Wildman–Crippen MR) is 101 cm³/mol. The largest absolute Gasteiger partial charge is 0.330 e. The molecule has 1 aliphatic heterocycles. The molecule has 124 valence electrons. The summed E-state index contributed by atoms with van der Waals surface area (Å²) in [4.78, 5) is 2.39. The summed E-state index contributed by atoms with van der Waals surface area (Å²) in [6, 6.07) is 17.0. The molecule has 3 rings (SSSR count). The van der Waals surface area contributed by atoms with Gasteiger partial charge in [0.15, 0.2) is 0 Å². The number of rotatable bonds is 4. The van der Waals surface area contributed by atoms with Crippen LogP contribution in [0.2, 0.25) is 5.02 Å². The van der Waals surface area contributed by atoms with Gasteiger partial charge in [-0.15, -0.1) is 12.4 Å². The summed E-state index contributed by atoms with van der Waals surface area (Å²) in [6.07, 6.45) is 2.02. The summed E-state index contributed by atoms with van der Waals surface area (Å²) < 4.78 is 0. The van der Waals surface area contributed by atoms with Crippen LogP contribution in [-0.4, -0.2) is 25.0 Å². The number of hydrogen-bond donors (Lipinski definition) is 1. The van der Waals surface area contributed by atoms with Gasteiger partial charge >= 0.3 is 0 Å². The predicted octanol–water partition coefficient (Wildman–Crippen LogP) is 4.23. The first-order chi connectivity index (χ1) is 10.7. The van der Waals surface area contributed by atoms with Crippen molar-refractivity contribution in [1.29, 1.82) is 0 Å². The van der Waals surface area contributed by atoms with Gasteiger partial charge in [-0.2, -0.15) is 0 Å². The maximum absolute atomic E-state index is 6.59. The van der Waals surface area contributed by atoms with E-state index in [1.807, 2.05) is 12.1 Å². The van der Waals surface area contributed by atoms with Crippen molar-refractivity contribution in [1.82, 2.24) is 4.90 Å². The van der Waals surface area contributed by atoms with Gasteiger partial charge in [0.05, 0.1) is 0 Å². The molecule has 0 aliphatic carbocycles. The summed E-state index contributed by atoms with van der Waals surface area (Å²) in [7, 11) is 2.18. The van der Waals surface area contributed by atoms with Gasteiger partial charge in [0.1, 0.15) is 0 Å². The molecule has 0 fully saturated rings. The average Bonchev–Trinajstić information content (AvgIpc) is 2.53. The Balaban J connectivity index is 0.00000192. The van der Waals surface area contributed by atoms with Gasteiger partial charge in [0.25, 0.3) is 0 Å². The number of benzene rings is 2. The third-order valence-corrected chi connectivity index (χ3v) is 5.04. The number of fused-ring (bicyclic) bond motifs is 1. The maximum Gasteiger partial charge on any atom is 0.0447 e. The lowest BCUT2D eigenvalue weighted by Gasteiger charge is -2.44.